The van der Waals surface area contributed by atoms with E-state index in [0.717, 1.165) is 11.3 Å². The van der Waals surface area contributed by atoms with E-state index in [1.165, 1.54) is 12.3 Å². The molecule has 19 heavy (non-hydrogen) atoms. The van der Waals surface area contributed by atoms with Crippen LogP contribution in [0, 0.1) is 29.6 Å². The Morgan fingerprint density at radius 1 is 1.42 bits per heavy atom. The van der Waals surface area contributed by atoms with E-state index in [4.69, 9.17) is 15.6 Å². The van der Waals surface area contributed by atoms with Crippen LogP contribution in [0.5, 0.6) is 0 Å². The lowest BCUT2D eigenvalue weighted by molar-refractivity contribution is 0.0698. The fraction of sp³-hybridized carbons (Fsp3) is 0.300. The molecule has 0 spiro atoms. The van der Waals surface area contributed by atoms with Gasteiger partial charge < -0.3 is 5.11 Å². The largest absolute Gasteiger partial charge is 0.477 e. The van der Waals surface area contributed by atoms with E-state index < -0.39 is 29.1 Å². The molecular weight excluding hydrogens is 290 g/mol. The number of thiophene rings is 1. The normalized spacial score (nSPS) is 10.9. The quantitative estimate of drug-likeness (QED) is 0.802. The molecule has 0 saturated carbocycles. The van der Waals surface area contributed by atoms with Gasteiger partial charge in [-0.15, -0.1) is 11.3 Å². The summed E-state index contributed by atoms with van der Waals surface area (Å²) in [7, 11) is -4.17. The summed E-state index contributed by atoms with van der Waals surface area (Å²) in [6, 6.07) is 3.28. The van der Waals surface area contributed by atoms with Gasteiger partial charge in [-0.05, 0) is 17.9 Å². The van der Waals surface area contributed by atoms with Crippen LogP contribution in [0.1, 0.15) is 15.2 Å². The molecule has 0 aliphatic rings. The second-order valence-electron chi connectivity index (χ2n) is 3.47. The van der Waals surface area contributed by atoms with Gasteiger partial charge in [0.1, 0.15) is 22.9 Å². The molecule has 1 aromatic rings. The monoisotopic (exact) mass is 299 g/mol. The first-order chi connectivity index (χ1) is 8.86. The van der Waals surface area contributed by atoms with Crippen molar-refractivity contribution in [2.45, 2.75) is 11.8 Å². The van der Waals surface area contributed by atoms with Gasteiger partial charge in [0.05, 0.1) is 12.1 Å². The highest BCUT2D eigenvalue weighted by Gasteiger charge is 2.32. The van der Waals surface area contributed by atoms with E-state index in [1.54, 1.807) is 12.1 Å². The van der Waals surface area contributed by atoms with E-state index in [9.17, 15) is 13.2 Å². The molecule has 0 saturated heterocycles. The Hall–Kier alpha value is -1.94. The molecule has 1 heterocycles. The number of aromatic carboxylic acids is 1. The predicted molar refractivity (Wildman–Crippen MR) is 66.0 cm³/mol. The van der Waals surface area contributed by atoms with Crippen molar-refractivity contribution in [2.24, 2.45) is 0 Å². The van der Waals surface area contributed by atoms with Gasteiger partial charge in [-0.25, -0.2) is 13.2 Å². The second kappa shape index (κ2) is 5.80. The summed E-state index contributed by atoms with van der Waals surface area (Å²) in [4.78, 5) is 10.3. The number of carboxylic acids is 1. The average molecular weight is 299 g/mol. The number of aryl methyl sites for hydroxylation is 1. The molecule has 1 N–H and O–H groups in total. The Labute approximate surface area is 114 Å². The Bertz CT molecular complexity index is 663. The predicted octanol–water partition coefficient (Wildman–Crippen LogP) is 0.793. The van der Waals surface area contributed by atoms with Crippen LogP contribution in [0.2, 0.25) is 0 Å². The number of hydrogen-bond acceptors (Lipinski definition) is 6. The molecule has 0 aromatic carbocycles. The second-order valence-corrected chi connectivity index (χ2v) is 6.23. The summed E-state index contributed by atoms with van der Waals surface area (Å²) in [5.74, 6) is -1.36. The Morgan fingerprint density at radius 3 is 2.37 bits per heavy atom. The van der Waals surface area contributed by atoms with Crippen LogP contribution >= 0.6 is 11.3 Å². The zero-order valence-electron chi connectivity index (χ0n) is 9.82. The first-order valence-electron chi connectivity index (χ1n) is 4.91. The van der Waals surface area contributed by atoms with E-state index >= 15 is 0 Å². The molecule has 1 rings (SSSR count). The summed E-state index contributed by atoms with van der Waals surface area (Å²) >= 11 is 0.794. The van der Waals surface area contributed by atoms with E-state index in [1.807, 2.05) is 0 Å². The Morgan fingerprint density at radius 2 is 1.95 bits per heavy atom. The lowest BCUT2D eigenvalue weighted by Crippen LogP contribution is -2.32. The summed E-state index contributed by atoms with van der Waals surface area (Å²) in [5, 5.41) is 27.6. The van der Waals surface area contributed by atoms with Gasteiger partial charge in [0.15, 0.2) is 0 Å². The smallest absolute Gasteiger partial charge is 0.347 e. The maximum Gasteiger partial charge on any atom is 0.347 e. The Balaban J connectivity index is 3.42. The van der Waals surface area contributed by atoms with Crippen LogP contribution in [0.3, 0.4) is 0 Å². The van der Waals surface area contributed by atoms with Crippen molar-refractivity contribution >= 4 is 27.3 Å². The molecule has 100 valence electrons. The van der Waals surface area contributed by atoms with Gasteiger partial charge in [0, 0.05) is 0 Å². The van der Waals surface area contributed by atoms with Crippen molar-refractivity contribution in [3.8, 4) is 12.1 Å². The Kier molecular flexibility index (Phi) is 4.62. The molecule has 1 aromatic heterocycles. The molecular formula is C10H9N3O4S2. The van der Waals surface area contributed by atoms with Crippen molar-refractivity contribution in [1.82, 2.24) is 4.31 Å². The van der Waals surface area contributed by atoms with Crippen molar-refractivity contribution in [2.75, 3.05) is 13.1 Å². The van der Waals surface area contributed by atoms with Gasteiger partial charge in [-0.3, -0.25) is 0 Å². The van der Waals surface area contributed by atoms with E-state index in [0.29, 0.717) is 4.31 Å². The van der Waals surface area contributed by atoms with Crippen molar-refractivity contribution < 1.29 is 18.3 Å². The van der Waals surface area contributed by atoms with E-state index in [-0.39, 0.29) is 15.3 Å². The van der Waals surface area contributed by atoms with Crippen LogP contribution in [-0.4, -0.2) is 36.9 Å². The molecule has 0 aliphatic carbocycles. The van der Waals surface area contributed by atoms with Crippen LogP contribution < -0.4 is 0 Å². The van der Waals surface area contributed by atoms with E-state index in [2.05, 4.69) is 0 Å². The van der Waals surface area contributed by atoms with Gasteiger partial charge >= 0.3 is 5.97 Å². The molecule has 0 unspecified atom stereocenters. The number of hydrogen-bond donors (Lipinski definition) is 1. The van der Waals surface area contributed by atoms with Gasteiger partial charge in [-0.1, -0.05) is 0 Å². The number of sulfonamides is 1. The maximum atomic E-state index is 12.3. The number of carbonyl (C=O) groups is 1. The highest BCUT2D eigenvalue weighted by Crippen LogP contribution is 2.29. The third kappa shape index (κ3) is 2.90. The fourth-order valence-electron chi connectivity index (χ4n) is 1.41. The lowest BCUT2D eigenvalue weighted by atomic mass is 10.3. The molecule has 0 radical (unpaired) electrons. The van der Waals surface area contributed by atoms with Crippen LogP contribution in [0.25, 0.3) is 0 Å². The third-order valence-electron chi connectivity index (χ3n) is 2.20. The highest BCUT2D eigenvalue weighted by atomic mass is 32.2. The molecule has 7 nitrogen and oxygen atoms in total. The van der Waals surface area contributed by atoms with Crippen molar-refractivity contribution in [1.29, 1.82) is 10.5 Å². The molecule has 0 fully saturated rings. The van der Waals surface area contributed by atoms with Crippen LogP contribution in [0.4, 0.5) is 0 Å². The van der Waals surface area contributed by atoms with Crippen LogP contribution in [0.15, 0.2) is 10.3 Å². The zero-order chi connectivity index (χ0) is 14.6. The van der Waals surface area contributed by atoms with Gasteiger partial charge in [0.2, 0.25) is 10.0 Å². The first kappa shape index (κ1) is 15.1. The number of carboxylic acid groups (broad SMARTS) is 1. The third-order valence-corrected chi connectivity index (χ3v) is 5.40. The standard InChI is InChI=1S/C10H9N3O4S2/c1-7-6-18-8(10(14)15)9(7)19(16,17)13(4-2-11)5-3-12/h6H,4-5H2,1H3,(H,14,15). The summed E-state index contributed by atoms with van der Waals surface area (Å²) in [5.41, 5.74) is 0.281. The molecule has 0 amide bonds. The molecule has 0 aliphatic heterocycles. The van der Waals surface area contributed by atoms with Crippen molar-refractivity contribution in [3.63, 3.8) is 0 Å². The van der Waals surface area contributed by atoms with Crippen LogP contribution in [-0.2, 0) is 10.0 Å². The SMILES string of the molecule is Cc1csc(C(=O)O)c1S(=O)(=O)N(CC#N)CC#N. The van der Waals surface area contributed by atoms with Gasteiger partial charge in [-0.2, -0.15) is 14.8 Å². The first-order valence-corrected chi connectivity index (χ1v) is 7.23. The minimum Gasteiger partial charge on any atom is -0.477 e. The highest BCUT2D eigenvalue weighted by molar-refractivity contribution is 7.89. The lowest BCUT2D eigenvalue weighted by Gasteiger charge is -2.16. The molecule has 0 atom stereocenters. The average Bonchev–Trinajstić information content (AvgIpc) is 2.71. The number of nitriles is 2. The minimum absolute atomic E-state index is 0.281. The zero-order valence-corrected chi connectivity index (χ0v) is 11.5. The summed E-state index contributed by atoms with van der Waals surface area (Å²) in [6.07, 6.45) is 0. The fourth-order valence-corrected chi connectivity index (χ4v) is 4.23. The number of nitrogens with zero attached hydrogens (tertiary/aromatic N) is 3. The maximum absolute atomic E-state index is 12.3. The minimum atomic E-state index is -4.17. The summed E-state index contributed by atoms with van der Waals surface area (Å²) < 4.78 is 25.2. The number of rotatable bonds is 5. The topological polar surface area (TPSA) is 122 Å². The molecule has 0 bridgehead atoms. The van der Waals surface area contributed by atoms with Crippen molar-refractivity contribution in [3.05, 3.63) is 15.8 Å². The summed E-state index contributed by atoms with van der Waals surface area (Å²) in [6.45, 7) is 0.446. The molecule has 9 heteroatoms. The van der Waals surface area contributed by atoms with Gasteiger partial charge in [0.25, 0.3) is 0 Å².